The second-order valence-electron chi connectivity index (χ2n) is 5.51. The van der Waals surface area contributed by atoms with Crippen LogP contribution in [0.15, 0.2) is 84.1 Å². The van der Waals surface area contributed by atoms with Crippen molar-refractivity contribution in [3.63, 3.8) is 0 Å². The molecule has 0 radical (unpaired) electrons. The summed E-state index contributed by atoms with van der Waals surface area (Å²) in [5.41, 5.74) is 1.99. The Hall–Kier alpha value is -3.74. The van der Waals surface area contributed by atoms with Gasteiger partial charge in [0.25, 0.3) is 0 Å². The van der Waals surface area contributed by atoms with Crippen molar-refractivity contribution < 1.29 is 19.1 Å². The van der Waals surface area contributed by atoms with Crippen LogP contribution in [0.1, 0.15) is 6.42 Å². The zero-order valence-corrected chi connectivity index (χ0v) is 15.3. The fourth-order valence-corrected chi connectivity index (χ4v) is 2.01. The van der Waals surface area contributed by atoms with Gasteiger partial charge in [-0.05, 0) is 54.6 Å². The average Bonchev–Trinajstić information content (AvgIpc) is 2.73. The quantitative estimate of drug-likeness (QED) is 0.280. The number of esters is 1. The molecule has 1 N–H and O–H groups in total. The lowest BCUT2D eigenvalue weighted by atomic mass is 10.3. The van der Waals surface area contributed by atoms with E-state index in [0.29, 0.717) is 35.8 Å². The van der Waals surface area contributed by atoms with Gasteiger partial charge in [0.15, 0.2) is 0 Å². The first-order valence-electron chi connectivity index (χ1n) is 8.58. The molecule has 0 aliphatic rings. The Labute approximate surface area is 163 Å². The lowest BCUT2D eigenvalue weighted by molar-refractivity contribution is -0.137. The summed E-state index contributed by atoms with van der Waals surface area (Å²) in [4.78, 5) is 22.1. The first-order valence-corrected chi connectivity index (χ1v) is 8.58. The molecule has 0 heterocycles. The number of anilines is 1. The van der Waals surface area contributed by atoms with Crippen molar-refractivity contribution in [1.29, 1.82) is 0 Å². The largest absolute Gasteiger partial charge is 0.493 e. The predicted octanol–water partition coefficient (Wildman–Crippen LogP) is 4.72. The summed E-state index contributed by atoms with van der Waals surface area (Å²) >= 11 is 0. The molecule has 0 unspecified atom stereocenters. The van der Waals surface area contributed by atoms with Crippen molar-refractivity contribution in [2.45, 2.75) is 6.42 Å². The molecule has 2 aromatic rings. The molecule has 0 saturated heterocycles. The molecule has 0 aromatic heterocycles. The number of hydrogen-bond donors (Lipinski definition) is 1. The molecule has 144 valence electrons. The Morgan fingerprint density at radius 3 is 2.07 bits per heavy atom. The highest BCUT2D eigenvalue weighted by Gasteiger charge is 1.99. The van der Waals surface area contributed by atoms with E-state index in [0.717, 1.165) is 6.08 Å². The van der Waals surface area contributed by atoms with Gasteiger partial charge in [0, 0.05) is 18.2 Å². The summed E-state index contributed by atoms with van der Waals surface area (Å²) in [7, 11) is 0. The number of amides is 1. The van der Waals surface area contributed by atoms with Crippen molar-refractivity contribution in [3.05, 3.63) is 73.8 Å². The van der Waals surface area contributed by atoms with Gasteiger partial charge in [-0.1, -0.05) is 13.2 Å². The normalized spacial score (nSPS) is 10.3. The molecule has 0 aliphatic heterocycles. The van der Waals surface area contributed by atoms with Crippen LogP contribution in [0.5, 0.6) is 5.75 Å². The highest BCUT2D eigenvalue weighted by atomic mass is 16.5. The van der Waals surface area contributed by atoms with Gasteiger partial charge in [0.1, 0.15) is 5.75 Å². The predicted molar refractivity (Wildman–Crippen MR) is 107 cm³/mol. The molecule has 1 amide bonds. The number of ether oxygens (including phenoxy) is 2. The molecular weight excluding hydrogens is 358 g/mol. The summed E-state index contributed by atoms with van der Waals surface area (Å²) < 4.78 is 10.4. The number of carbonyl (C=O) groups is 2. The number of azo groups is 1. The van der Waals surface area contributed by atoms with Gasteiger partial charge >= 0.3 is 5.97 Å². The molecule has 0 saturated carbocycles. The molecule has 7 heteroatoms. The number of carbonyl (C=O) groups excluding carboxylic acids is 2. The highest BCUT2D eigenvalue weighted by Crippen LogP contribution is 2.22. The van der Waals surface area contributed by atoms with Gasteiger partial charge in [-0.2, -0.15) is 10.2 Å². The Bertz CT molecular complexity index is 843. The molecule has 0 spiro atoms. The summed E-state index contributed by atoms with van der Waals surface area (Å²) in [6, 6.07) is 14.1. The molecule has 0 fully saturated rings. The summed E-state index contributed by atoms with van der Waals surface area (Å²) in [6.45, 7) is 7.44. The van der Waals surface area contributed by atoms with E-state index in [4.69, 9.17) is 9.47 Å². The fourth-order valence-electron chi connectivity index (χ4n) is 2.01. The van der Waals surface area contributed by atoms with Crippen LogP contribution >= 0.6 is 0 Å². The van der Waals surface area contributed by atoms with E-state index < -0.39 is 5.97 Å². The first kappa shape index (κ1) is 20.6. The molecule has 0 aliphatic carbocycles. The van der Waals surface area contributed by atoms with Crippen molar-refractivity contribution in [2.24, 2.45) is 10.2 Å². The summed E-state index contributed by atoms with van der Waals surface area (Å²) in [5, 5.41) is 11.0. The van der Waals surface area contributed by atoms with Gasteiger partial charge in [0.2, 0.25) is 5.91 Å². The smallest absolute Gasteiger partial charge is 0.330 e. The Kier molecular flexibility index (Phi) is 8.14. The number of rotatable bonds is 10. The van der Waals surface area contributed by atoms with E-state index in [1.165, 1.54) is 6.08 Å². The molecule has 2 rings (SSSR count). The minimum Gasteiger partial charge on any atom is -0.493 e. The standard InChI is InChI=1S/C21H21N3O4/c1-3-20(25)22-16-6-8-17(9-7-16)23-24-18-10-12-19(13-11-18)27-14-5-15-28-21(26)4-2/h3-4,6-13H,1-2,5,14-15H2,(H,22,25). The van der Waals surface area contributed by atoms with Crippen LogP contribution in [0, 0.1) is 0 Å². The maximum Gasteiger partial charge on any atom is 0.330 e. The molecule has 0 bridgehead atoms. The zero-order chi connectivity index (χ0) is 20.2. The van der Waals surface area contributed by atoms with Crippen LogP contribution in [0.25, 0.3) is 0 Å². The van der Waals surface area contributed by atoms with Crippen LogP contribution in [-0.2, 0) is 14.3 Å². The van der Waals surface area contributed by atoms with E-state index in [1.807, 2.05) is 0 Å². The Morgan fingerprint density at radius 1 is 0.893 bits per heavy atom. The zero-order valence-electron chi connectivity index (χ0n) is 15.3. The third-order valence-electron chi connectivity index (χ3n) is 3.41. The van der Waals surface area contributed by atoms with E-state index in [2.05, 4.69) is 28.7 Å². The summed E-state index contributed by atoms with van der Waals surface area (Å²) in [5.74, 6) is -0.0170. The number of benzene rings is 2. The number of nitrogens with zero attached hydrogens (tertiary/aromatic N) is 2. The first-order chi connectivity index (χ1) is 13.6. The monoisotopic (exact) mass is 379 g/mol. The Morgan fingerprint density at radius 2 is 1.50 bits per heavy atom. The van der Waals surface area contributed by atoms with Gasteiger partial charge in [-0.25, -0.2) is 4.79 Å². The third kappa shape index (κ3) is 7.25. The van der Waals surface area contributed by atoms with E-state index in [9.17, 15) is 9.59 Å². The minimum absolute atomic E-state index is 0.269. The average molecular weight is 379 g/mol. The van der Waals surface area contributed by atoms with Gasteiger partial charge < -0.3 is 14.8 Å². The number of nitrogens with one attached hydrogen (secondary N) is 1. The van der Waals surface area contributed by atoms with Crippen LogP contribution in [0.4, 0.5) is 17.1 Å². The lowest BCUT2D eigenvalue weighted by Crippen LogP contribution is -2.06. The maximum absolute atomic E-state index is 11.2. The second kappa shape index (κ2) is 11.1. The third-order valence-corrected chi connectivity index (χ3v) is 3.41. The molecule has 7 nitrogen and oxygen atoms in total. The summed E-state index contributed by atoms with van der Waals surface area (Å²) in [6.07, 6.45) is 2.92. The SMILES string of the molecule is C=CC(=O)Nc1ccc(N=Nc2ccc(OCCCOC(=O)C=C)cc2)cc1. The lowest BCUT2D eigenvalue weighted by Gasteiger charge is -2.06. The van der Waals surface area contributed by atoms with Crippen molar-refractivity contribution >= 4 is 28.9 Å². The van der Waals surface area contributed by atoms with Crippen LogP contribution in [0.2, 0.25) is 0 Å². The second-order valence-corrected chi connectivity index (χ2v) is 5.51. The minimum atomic E-state index is -0.439. The number of hydrogen-bond acceptors (Lipinski definition) is 6. The molecular formula is C21H21N3O4. The maximum atomic E-state index is 11.2. The van der Waals surface area contributed by atoms with Crippen molar-refractivity contribution in [1.82, 2.24) is 0 Å². The fraction of sp³-hybridized carbons (Fsp3) is 0.143. The van der Waals surface area contributed by atoms with E-state index >= 15 is 0 Å². The molecule has 2 aromatic carbocycles. The van der Waals surface area contributed by atoms with Gasteiger partial charge in [-0.15, -0.1) is 0 Å². The highest BCUT2D eigenvalue weighted by molar-refractivity contribution is 5.98. The molecule has 0 atom stereocenters. The van der Waals surface area contributed by atoms with Crippen LogP contribution < -0.4 is 10.1 Å². The molecule has 28 heavy (non-hydrogen) atoms. The topological polar surface area (TPSA) is 89.3 Å². The Balaban J connectivity index is 1.79. The van der Waals surface area contributed by atoms with Crippen molar-refractivity contribution in [3.8, 4) is 5.75 Å². The van der Waals surface area contributed by atoms with Gasteiger partial charge in [-0.3, -0.25) is 4.79 Å². The van der Waals surface area contributed by atoms with Gasteiger partial charge in [0.05, 0.1) is 24.6 Å². The van der Waals surface area contributed by atoms with Crippen LogP contribution in [0.3, 0.4) is 0 Å². The van der Waals surface area contributed by atoms with E-state index in [1.54, 1.807) is 48.5 Å². The van der Waals surface area contributed by atoms with Crippen LogP contribution in [-0.4, -0.2) is 25.1 Å². The van der Waals surface area contributed by atoms with Crippen molar-refractivity contribution in [2.75, 3.05) is 18.5 Å². The van der Waals surface area contributed by atoms with E-state index in [-0.39, 0.29) is 12.5 Å².